The van der Waals surface area contributed by atoms with Crippen molar-refractivity contribution < 1.29 is 18.4 Å². The molecule has 4 rings (SSSR count). The van der Waals surface area contributed by atoms with Crippen LogP contribution < -0.4 is 10.6 Å². The summed E-state index contributed by atoms with van der Waals surface area (Å²) in [5, 5.41) is 5.56. The number of likely N-dealkylation sites (tertiary alicyclic amines) is 1. The van der Waals surface area contributed by atoms with Gasteiger partial charge in [0, 0.05) is 36.7 Å². The van der Waals surface area contributed by atoms with Gasteiger partial charge in [-0.1, -0.05) is 18.2 Å². The highest BCUT2D eigenvalue weighted by molar-refractivity contribution is 5.95. The Morgan fingerprint density at radius 3 is 2.61 bits per heavy atom. The molecule has 1 heterocycles. The fraction of sp³-hybridized carbons (Fsp3) is 0.333. The first-order valence-electron chi connectivity index (χ1n) is 9.29. The zero-order chi connectivity index (χ0) is 19.7. The van der Waals surface area contributed by atoms with Crippen LogP contribution in [0.3, 0.4) is 0 Å². The summed E-state index contributed by atoms with van der Waals surface area (Å²) in [6, 6.07) is 11.7. The molecular weight excluding hydrogens is 364 g/mol. The Labute approximate surface area is 161 Å². The monoisotopic (exact) mass is 385 g/mol. The van der Waals surface area contributed by atoms with Crippen molar-refractivity contribution >= 4 is 17.6 Å². The van der Waals surface area contributed by atoms with Crippen LogP contribution in [0.2, 0.25) is 0 Å². The summed E-state index contributed by atoms with van der Waals surface area (Å²) in [5.74, 6) is -1.04. The maximum Gasteiger partial charge on any atom is 0.317 e. The Hall–Kier alpha value is -2.96. The van der Waals surface area contributed by atoms with Gasteiger partial charge < -0.3 is 15.5 Å². The molecule has 2 aromatic rings. The molecule has 28 heavy (non-hydrogen) atoms. The molecule has 2 fully saturated rings. The topological polar surface area (TPSA) is 61.4 Å². The van der Waals surface area contributed by atoms with E-state index >= 15 is 0 Å². The Kier molecular flexibility index (Phi) is 4.75. The van der Waals surface area contributed by atoms with E-state index in [1.54, 1.807) is 29.2 Å². The molecule has 146 valence electrons. The summed E-state index contributed by atoms with van der Waals surface area (Å²) in [6.07, 6.45) is 1.49. The van der Waals surface area contributed by atoms with Gasteiger partial charge in [0.25, 0.3) is 0 Å². The third-order valence-electron chi connectivity index (χ3n) is 5.60. The molecule has 2 atom stereocenters. The molecule has 3 amide bonds. The molecule has 0 unspecified atom stereocenters. The number of nitrogens with zero attached hydrogens (tertiary/aromatic N) is 1. The first-order valence-corrected chi connectivity index (χ1v) is 9.29. The Morgan fingerprint density at radius 2 is 1.86 bits per heavy atom. The third kappa shape index (κ3) is 3.83. The minimum Gasteiger partial charge on any atom is -0.334 e. The van der Waals surface area contributed by atoms with Crippen molar-refractivity contribution in [3.8, 4) is 0 Å². The highest BCUT2D eigenvalue weighted by Gasteiger charge is 2.61. The first-order chi connectivity index (χ1) is 13.4. The summed E-state index contributed by atoms with van der Waals surface area (Å²) < 4.78 is 26.5. The van der Waals surface area contributed by atoms with Gasteiger partial charge in [-0.05, 0) is 48.7 Å². The van der Waals surface area contributed by atoms with Gasteiger partial charge in [0.1, 0.15) is 11.6 Å². The maximum absolute atomic E-state index is 13.3. The fourth-order valence-electron chi connectivity index (χ4n) is 3.97. The Balaban J connectivity index is 1.29. The maximum atomic E-state index is 13.3. The number of carbonyl (C=O) groups excluding carboxylic acids is 2. The van der Waals surface area contributed by atoms with Crippen molar-refractivity contribution in [2.75, 3.05) is 18.4 Å². The molecule has 1 aliphatic carbocycles. The van der Waals surface area contributed by atoms with Crippen molar-refractivity contribution in [3.63, 3.8) is 0 Å². The van der Waals surface area contributed by atoms with E-state index in [1.165, 1.54) is 24.3 Å². The summed E-state index contributed by atoms with van der Waals surface area (Å²) in [4.78, 5) is 26.6. The molecule has 0 bridgehead atoms. The van der Waals surface area contributed by atoms with Crippen molar-refractivity contribution in [2.45, 2.75) is 19.4 Å². The number of hydrogen-bond acceptors (Lipinski definition) is 2. The highest BCUT2D eigenvalue weighted by atomic mass is 19.1. The normalized spacial score (nSPS) is 22.9. The number of nitrogens with one attached hydrogen (secondary N) is 2. The second kappa shape index (κ2) is 7.22. The summed E-state index contributed by atoms with van der Waals surface area (Å²) in [6.45, 7) is 1.35. The number of rotatable bonds is 4. The minimum atomic E-state index is -0.398. The summed E-state index contributed by atoms with van der Waals surface area (Å²) in [7, 11) is 0. The lowest BCUT2D eigenvalue weighted by molar-refractivity contribution is -0.118. The number of carbonyl (C=O) groups is 2. The molecule has 7 heteroatoms. The third-order valence-corrected chi connectivity index (χ3v) is 5.60. The number of hydrogen-bond donors (Lipinski definition) is 2. The van der Waals surface area contributed by atoms with E-state index in [2.05, 4.69) is 10.6 Å². The van der Waals surface area contributed by atoms with Crippen LogP contribution in [0.5, 0.6) is 0 Å². The van der Waals surface area contributed by atoms with E-state index in [4.69, 9.17) is 0 Å². The lowest BCUT2D eigenvalue weighted by Crippen LogP contribution is -2.38. The molecule has 0 radical (unpaired) electrons. The standard InChI is InChI=1S/C21H21F2N3O2/c22-15-4-1-3-14(9-15)12-24-20(28)26-8-7-21(13-26)11-18(21)19(27)25-17-6-2-5-16(23)10-17/h1-6,9-10,18H,7-8,11-13H2,(H,24,28)(H,25,27)/t18-,21-/m0/s1. The van der Waals surface area contributed by atoms with E-state index in [1.807, 2.05) is 0 Å². The Morgan fingerprint density at radius 1 is 1.11 bits per heavy atom. The van der Waals surface area contributed by atoms with Crippen molar-refractivity contribution in [2.24, 2.45) is 11.3 Å². The number of anilines is 1. The molecule has 0 aromatic heterocycles. The van der Waals surface area contributed by atoms with Gasteiger partial charge in [-0.25, -0.2) is 13.6 Å². The first kappa shape index (κ1) is 18.4. The van der Waals surface area contributed by atoms with Crippen LogP contribution >= 0.6 is 0 Å². The summed E-state index contributed by atoms with van der Waals surface area (Å²) in [5.41, 5.74) is 0.948. The van der Waals surface area contributed by atoms with Gasteiger partial charge in [0.05, 0.1) is 0 Å². The lowest BCUT2D eigenvalue weighted by Gasteiger charge is -2.17. The van der Waals surface area contributed by atoms with Crippen molar-refractivity contribution in [1.29, 1.82) is 0 Å². The van der Waals surface area contributed by atoms with E-state index in [-0.39, 0.29) is 35.6 Å². The molecular formula is C21H21F2N3O2. The van der Waals surface area contributed by atoms with E-state index in [0.717, 1.165) is 12.8 Å². The van der Waals surface area contributed by atoms with Gasteiger partial charge in [-0.3, -0.25) is 4.79 Å². The molecule has 1 saturated heterocycles. The zero-order valence-corrected chi connectivity index (χ0v) is 15.3. The SMILES string of the molecule is O=C(Nc1cccc(F)c1)[C@@H]1C[C@]12CCN(C(=O)NCc1cccc(F)c1)C2. The van der Waals surface area contributed by atoms with E-state index in [9.17, 15) is 18.4 Å². The largest absolute Gasteiger partial charge is 0.334 e. The second-order valence-corrected chi connectivity index (χ2v) is 7.58. The fourth-order valence-corrected chi connectivity index (χ4v) is 3.97. The zero-order valence-electron chi connectivity index (χ0n) is 15.3. The smallest absolute Gasteiger partial charge is 0.317 e. The van der Waals surface area contributed by atoms with Crippen LogP contribution in [-0.2, 0) is 11.3 Å². The number of halogens is 2. The van der Waals surface area contributed by atoms with Gasteiger partial charge in [-0.15, -0.1) is 0 Å². The lowest BCUT2D eigenvalue weighted by atomic mass is 10.0. The van der Waals surface area contributed by atoms with Crippen LogP contribution in [-0.4, -0.2) is 29.9 Å². The molecule has 1 saturated carbocycles. The predicted molar refractivity (Wildman–Crippen MR) is 100 cm³/mol. The minimum absolute atomic E-state index is 0.132. The molecule has 2 aliphatic rings. The van der Waals surface area contributed by atoms with Crippen LogP contribution in [0.4, 0.5) is 19.3 Å². The molecule has 1 spiro atoms. The van der Waals surface area contributed by atoms with Gasteiger partial charge in [0.15, 0.2) is 0 Å². The number of urea groups is 1. The molecule has 2 N–H and O–H groups in total. The van der Waals surface area contributed by atoms with Crippen molar-refractivity contribution in [1.82, 2.24) is 10.2 Å². The summed E-state index contributed by atoms with van der Waals surface area (Å²) >= 11 is 0. The van der Waals surface area contributed by atoms with E-state index in [0.29, 0.717) is 24.3 Å². The molecule has 5 nitrogen and oxygen atoms in total. The van der Waals surface area contributed by atoms with Crippen LogP contribution in [0.1, 0.15) is 18.4 Å². The number of benzene rings is 2. The molecule has 2 aromatic carbocycles. The average Bonchev–Trinajstić information content (AvgIpc) is 3.20. The number of amides is 3. The Bertz CT molecular complexity index is 920. The average molecular weight is 385 g/mol. The van der Waals surface area contributed by atoms with Gasteiger partial charge in [-0.2, -0.15) is 0 Å². The van der Waals surface area contributed by atoms with Crippen LogP contribution in [0.25, 0.3) is 0 Å². The quantitative estimate of drug-likeness (QED) is 0.846. The van der Waals surface area contributed by atoms with Crippen molar-refractivity contribution in [3.05, 3.63) is 65.7 Å². The molecule has 1 aliphatic heterocycles. The van der Waals surface area contributed by atoms with E-state index < -0.39 is 5.82 Å². The predicted octanol–water partition coefficient (Wildman–Crippen LogP) is 3.53. The van der Waals surface area contributed by atoms with Gasteiger partial charge in [0.2, 0.25) is 5.91 Å². The van der Waals surface area contributed by atoms with Crippen LogP contribution in [0.15, 0.2) is 48.5 Å². The van der Waals surface area contributed by atoms with Crippen LogP contribution in [0, 0.1) is 23.0 Å². The second-order valence-electron chi connectivity index (χ2n) is 7.58. The highest BCUT2D eigenvalue weighted by Crippen LogP contribution is 2.58. The van der Waals surface area contributed by atoms with Gasteiger partial charge >= 0.3 is 6.03 Å².